The van der Waals surface area contributed by atoms with E-state index in [0.717, 1.165) is 28.7 Å². The lowest BCUT2D eigenvalue weighted by Crippen LogP contribution is -2.06. The van der Waals surface area contributed by atoms with Crippen LogP contribution in [0.5, 0.6) is 0 Å². The number of aromatic nitrogens is 3. The summed E-state index contributed by atoms with van der Waals surface area (Å²) in [5.74, 6) is 0.376. The molecule has 10 heteroatoms. The topological polar surface area (TPSA) is 53.6 Å². The maximum atomic E-state index is 12.9. The fourth-order valence-electron chi connectivity index (χ4n) is 2.77. The zero-order chi connectivity index (χ0) is 20.1. The Labute approximate surface area is 156 Å². The number of aromatic amines is 1. The van der Waals surface area contributed by atoms with Crippen molar-refractivity contribution in [3.05, 3.63) is 67.1 Å². The van der Waals surface area contributed by atoms with Gasteiger partial charge in [0.05, 0.1) is 17.4 Å². The maximum Gasteiger partial charge on any atom is 0.310 e. The van der Waals surface area contributed by atoms with Crippen molar-refractivity contribution in [2.75, 3.05) is 5.32 Å². The lowest BCUT2D eigenvalue weighted by molar-refractivity contribution is 0.364. The number of imidazole rings is 1. The largest absolute Gasteiger partial charge is 0.345 e. The van der Waals surface area contributed by atoms with Gasteiger partial charge in [0, 0.05) is 17.4 Å². The SMILES string of the molecule is FS(F)(F)(F)(F)c1ccc(Nc2ncccc2-c2ccc3nc[nH]c3c2)cc1. The van der Waals surface area contributed by atoms with Crippen molar-refractivity contribution in [3.8, 4) is 11.1 Å². The molecule has 28 heavy (non-hydrogen) atoms. The summed E-state index contributed by atoms with van der Waals surface area (Å²) in [6, 6.07) is 11.6. The van der Waals surface area contributed by atoms with E-state index in [0.29, 0.717) is 23.5 Å². The molecule has 4 nitrogen and oxygen atoms in total. The van der Waals surface area contributed by atoms with Gasteiger partial charge in [-0.3, -0.25) is 0 Å². The number of H-pyrrole nitrogens is 1. The molecule has 2 heterocycles. The summed E-state index contributed by atoms with van der Waals surface area (Å²) in [6.45, 7) is 0. The Kier molecular flexibility index (Phi) is 3.54. The number of halogens is 5. The Balaban J connectivity index is 1.68. The second-order valence-corrected chi connectivity index (χ2v) is 8.56. The summed E-state index contributed by atoms with van der Waals surface area (Å²) in [4.78, 5) is 9.43. The molecule has 146 valence electrons. The van der Waals surface area contributed by atoms with Gasteiger partial charge in [0.1, 0.15) is 10.7 Å². The molecule has 0 aliphatic carbocycles. The van der Waals surface area contributed by atoms with Crippen LogP contribution >= 0.6 is 10.2 Å². The first-order valence-corrected chi connectivity index (χ1v) is 9.94. The first kappa shape index (κ1) is 18.2. The van der Waals surface area contributed by atoms with Gasteiger partial charge >= 0.3 is 10.2 Å². The van der Waals surface area contributed by atoms with Crippen LogP contribution in [0.1, 0.15) is 0 Å². The molecular weight excluding hydrogens is 399 g/mol. The number of anilines is 2. The number of hydrogen-bond acceptors (Lipinski definition) is 3. The van der Waals surface area contributed by atoms with Crippen LogP contribution in [0.2, 0.25) is 0 Å². The van der Waals surface area contributed by atoms with Crippen molar-refractivity contribution in [2.45, 2.75) is 4.90 Å². The molecule has 4 rings (SSSR count). The van der Waals surface area contributed by atoms with E-state index in [9.17, 15) is 19.4 Å². The molecule has 0 spiro atoms. The van der Waals surface area contributed by atoms with Crippen molar-refractivity contribution >= 4 is 32.8 Å². The monoisotopic (exact) mass is 412 g/mol. The first-order chi connectivity index (χ1) is 13.0. The normalized spacial score (nSPS) is 14.5. The number of rotatable bonds is 4. The number of nitrogens with one attached hydrogen (secondary N) is 2. The molecule has 2 aromatic heterocycles. The van der Waals surface area contributed by atoms with Gasteiger partial charge in [0.25, 0.3) is 0 Å². The molecule has 0 radical (unpaired) electrons. The summed E-state index contributed by atoms with van der Waals surface area (Å²) in [6.07, 6.45) is 3.08. The molecule has 0 fully saturated rings. The minimum absolute atomic E-state index is 0.202. The number of nitrogens with zero attached hydrogens (tertiary/aromatic N) is 2. The van der Waals surface area contributed by atoms with Crippen LogP contribution in [0, 0.1) is 0 Å². The van der Waals surface area contributed by atoms with Gasteiger partial charge in [-0.25, -0.2) is 9.97 Å². The molecule has 0 saturated heterocycles. The third kappa shape index (κ3) is 3.63. The van der Waals surface area contributed by atoms with Gasteiger partial charge in [-0.2, -0.15) is 0 Å². The van der Waals surface area contributed by atoms with Crippen molar-refractivity contribution in [2.24, 2.45) is 0 Å². The summed E-state index contributed by atoms with van der Waals surface area (Å²) in [5, 5.41) is 2.88. The standard InChI is InChI=1S/C18H13F5N4S/c19-28(20,21,22,23)14-6-4-13(5-7-14)27-18-15(2-1-9-24-18)12-3-8-16-17(10-12)26-11-25-16/h1-11H,(H,24,27)(H,25,26). The van der Waals surface area contributed by atoms with Gasteiger partial charge in [-0.05, 0) is 54.1 Å². The first-order valence-electron chi connectivity index (χ1n) is 7.99. The second-order valence-electron chi connectivity index (χ2n) is 6.15. The number of hydrogen-bond donors (Lipinski definition) is 2. The van der Waals surface area contributed by atoms with E-state index in [1.807, 2.05) is 18.2 Å². The van der Waals surface area contributed by atoms with E-state index in [-0.39, 0.29) is 5.69 Å². The highest BCUT2D eigenvalue weighted by Gasteiger charge is 2.65. The Morgan fingerprint density at radius 1 is 0.857 bits per heavy atom. The summed E-state index contributed by atoms with van der Waals surface area (Å²) in [5.41, 5.74) is 3.29. The molecule has 4 aromatic rings. The lowest BCUT2D eigenvalue weighted by atomic mass is 10.1. The quantitative estimate of drug-likeness (QED) is 0.354. The molecule has 0 atom stereocenters. The highest BCUT2D eigenvalue weighted by molar-refractivity contribution is 8.45. The minimum atomic E-state index is -9.69. The Hall–Kier alpha value is -3.14. The zero-order valence-corrected chi connectivity index (χ0v) is 14.9. The summed E-state index contributed by atoms with van der Waals surface area (Å²) < 4.78 is 64.3. The molecule has 0 saturated carbocycles. The number of benzene rings is 2. The van der Waals surface area contributed by atoms with Crippen LogP contribution in [0.25, 0.3) is 22.2 Å². The third-order valence-electron chi connectivity index (χ3n) is 4.10. The van der Waals surface area contributed by atoms with Crippen LogP contribution < -0.4 is 5.32 Å². The van der Waals surface area contributed by atoms with E-state index >= 15 is 0 Å². The van der Waals surface area contributed by atoms with E-state index in [2.05, 4.69) is 20.3 Å². The fourth-order valence-corrected chi connectivity index (χ4v) is 3.42. The Bertz CT molecular complexity index is 1170. The number of pyridine rings is 1. The van der Waals surface area contributed by atoms with E-state index in [1.54, 1.807) is 18.5 Å². The van der Waals surface area contributed by atoms with Crippen LogP contribution in [0.15, 0.2) is 72.0 Å². The molecule has 0 aliphatic heterocycles. The predicted molar refractivity (Wildman–Crippen MR) is 100 cm³/mol. The van der Waals surface area contributed by atoms with E-state index in [4.69, 9.17) is 0 Å². The summed E-state index contributed by atoms with van der Waals surface area (Å²) >= 11 is 0. The molecule has 2 aromatic carbocycles. The van der Waals surface area contributed by atoms with Gasteiger partial charge in [-0.1, -0.05) is 25.5 Å². The average molecular weight is 412 g/mol. The maximum absolute atomic E-state index is 12.9. The van der Waals surface area contributed by atoms with Crippen molar-refractivity contribution in [1.82, 2.24) is 15.0 Å². The zero-order valence-electron chi connectivity index (χ0n) is 14.0. The second kappa shape index (κ2) is 5.44. The molecule has 0 unspecified atom stereocenters. The van der Waals surface area contributed by atoms with Crippen molar-refractivity contribution in [1.29, 1.82) is 0 Å². The average Bonchev–Trinajstić information content (AvgIpc) is 3.08. The minimum Gasteiger partial charge on any atom is -0.345 e. The highest BCUT2D eigenvalue weighted by Crippen LogP contribution is 3.02. The predicted octanol–water partition coefficient (Wildman–Crippen LogP) is 7.03. The van der Waals surface area contributed by atoms with Crippen LogP contribution in [0.4, 0.5) is 30.9 Å². The van der Waals surface area contributed by atoms with E-state index in [1.165, 1.54) is 6.20 Å². The summed E-state index contributed by atoms with van der Waals surface area (Å²) in [7, 11) is -9.69. The van der Waals surface area contributed by atoms with Crippen LogP contribution in [-0.2, 0) is 0 Å². The molecule has 0 bridgehead atoms. The number of fused-ring (bicyclic) bond motifs is 1. The van der Waals surface area contributed by atoms with Crippen molar-refractivity contribution < 1.29 is 19.4 Å². The molecule has 2 N–H and O–H groups in total. The van der Waals surface area contributed by atoms with Gasteiger partial charge in [-0.15, -0.1) is 0 Å². The third-order valence-corrected chi connectivity index (χ3v) is 5.26. The molecule has 0 aliphatic rings. The van der Waals surface area contributed by atoms with Crippen LogP contribution in [0.3, 0.4) is 0 Å². The van der Waals surface area contributed by atoms with Gasteiger partial charge in [0.2, 0.25) is 0 Å². The highest BCUT2D eigenvalue weighted by atomic mass is 32.5. The van der Waals surface area contributed by atoms with Gasteiger partial charge < -0.3 is 10.3 Å². The van der Waals surface area contributed by atoms with Crippen molar-refractivity contribution in [3.63, 3.8) is 0 Å². The Morgan fingerprint density at radius 2 is 1.61 bits per heavy atom. The van der Waals surface area contributed by atoms with Gasteiger partial charge in [0.15, 0.2) is 0 Å². The fraction of sp³-hybridized carbons (Fsp3) is 0. The van der Waals surface area contributed by atoms with Crippen LogP contribution in [-0.4, -0.2) is 15.0 Å². The smallest absolute Gasteiger partial charge is 0.310 e. The molecular formula is C18H13F5N4S. The van der Waals surface area contributed by atoms with E-state index < -0.39 is 15.1 Å². The Morgan fingerprint density at radius 3 is 2.32 bits per heavy atom. The molecule has 0 amide bonds. The lowest BCUT2D eigenvalue weighted by Gasteiger charge is -2.40.